The molecule has 1 N–H and O–H groups in total. The van der Waals surface area contributed by atoms with E-state index in [1.165, 1.54) is 41.0 Å². The summed E-state index contributed by atoms with van der Waals surface area (Å²) in [5.74, 6) is 0.833. The van der Waals surface area contributed by atoms with Gasteiger partial charge in [0.2, 0.25) is 0 Å². The van der Waals surface area contributed by atoms with Gasteiger partial charge in [0.05, 0.1) is 13.2 Å². The lowest BCUT2D eigenvalue weighted by molar-refractivity contribution is 0.194. The summed E-state index contributed by atoms with van der Waals surface area (Å²) in [5, 5.41) is 3.09. The molecule has 2 heterocycles. The zero-order valence-corrected chi connectivity index (χ0v) is 18.0. The maximum absolute atomic E-state index is 13.4. The van der Waals surface area contributed by atoms with Crippen molar-refractivity contribution >= 4 is 23.1 Å². The van der Waals surface area contributed by atoms with Gasteiger partial charge in [0.15, 0.2) is 0 Å². The maximum atomic E-state index is 13.4. The number of nitrogens with zero attached hydrogens (tertiary/aromatic N) is 1. The van der Waals surface area contributed by atoms with E-state index < -0.39 is 0 Å². The van der Waals surface area contributed by atoms with Gasteiger partial charge in [-0.05, 0) is 61.4 Å². The van der Waals surface area contributed by atoms with E-state index in [1.54, 1.807) is 12.7 Å². The highest BCUT2D eigenvalue weighted by atomic mass is 32.1. The largest absolute Gasteiger partial charge is 0.496 e. The van der Waals surface area contributed by atoms with E-state index >= 15 is 0 Å². The number of nitrogens with one attached hydrogen (secondary N) is 1. The van der Waals surface area contributed by atoms with E-state index in [0.29, 0.717) is 6.54 Å². The van der Waals surface area contributed by atoms with Crippen LogP contribution < -0.4 is 10.1 Å². The summed E-state index contributed by atoms with van der Waals surface area (Å²) in [7, 11) is 1.70. The molecular formula is C25H26N2O2S. The van der Waals surface area contributed by atoms with E-state index in [9.17, 15) is 4.79 Å². The van der Waals surface area contributed by atoms with Crippen molar-refractivity contribution in [1.82, 2.24) is 4.90 Å². The predicted molar refractivity (Wildman–Crippen MR) is 122 cm³/mol. The number of ether oxygens (including phenoxy) is 1. The highest BCUT2D eigenvalue weighted by Crippen LogP contribution is 2.46. The lowest BCUT2D eigenvalue weighted by Gasteiger charge is -2.37. The summed E-state index contributed by atoms with van der Waals surface area (Å²) in [6.07, 6.45) is 5.81. The monoisotopic (exact) mass is 418 g/mol. The first-order valence-electron chi connectivity index (χ1n) is 10.6. The fraction of sp³-hybridized carbons (Fsp3) is 0.320. The topological polar surface area (TPSA) is 41.6 Å². The number of para-hydroxylation sites is 2. The number of methoxy groups -OCH3 is 1. The Bertz CT molecular complexity index is 1060. The average Bonchev–Trinajstić information content (AvgIpc) is 3.18. The molecule has 2 aromatic carbocycles. The van der Waals surface area contributed by atoms with Crippen LogP contribution in [0.15, 0.2) is 54.6 Å². The minimum Gasteiger partial charge on any atom is -0.496 e. The molecule has 5 heteroatoms. The van der Waals surface area contributed by atoms with E-state index in [0.717, 1.165) is 23.4 Å². The summed E-state index contributed by atoms with van der Waals surface area (Å²) >= 11 is 1.91. The number of rotatable bonds is 3. The van der Waals surface area contributed by atoms with E-state index in [-0.39, 0.29) is 12.1 Å². The lowest BCUT2D eigenvalue weighted by Crippen LogP contribution is -2.42. The van der Waals surface area contributed by atoms with E-state index in [1.807, 2.05) is 64.8 Å². The third kappa shape index (κ3) is 3.37. The van der Waals surface area contributed by atoms with Gasteiger partial charge < -0.3 is 15.0 Å². The van der Waals surface area contributed by atoms with Crippen molar-refractivity contribution in [3.8, 4) is 5.75 Å². The first-order valence-corrected chi connectivity index (χ1v) is 11.5. The van der Waals surface area contributed by atoms with Crippen molar-refractivity contribution in [3.05, 3.63) is 81.0 Å². The minimum absolute atomic E-state index is 0.0610. The van der Waals surface area contributed by atoms with Gasteiger partial charge in [0.1, 0.15) is 5.75 Å². The second-order valence-corrected chi connectivity index (χ2v) is 9.07. The van der Waals surface area contributed by atoms with Crippen LogP contribution in [0.4, 0.5) is 10.5 Å². The molecule has 0 spiro atoms. The standard InChI is InChI=1S/C25H26N2O2S/c1-29-21-13-7-5-12-20(21)23-24-19(18-11-6-8-14-22(18)30-24)15-16-27(23)25(28)26-17-9-3-2-4-10-17/h2-5,7,9-10,12-13,23H,6,8,11,14-16H2,1H3,(H,26,28)/t23-/m0/s1. The van der Waals surface area contributed by atoms with Crippen LogP contribution in [0.3, 0.4) is 0 Å². The fourth-order valence-corrected chi connectivity index (χ4v) is 6.36. The molecule has 0 radical (unpaired) electrons. The number of carbonyl (C=O) groups excluding carboxylic acids is 1. The molecule has 1 aliphatic heterocycles. The molecule has 0 fully saturated rings. The summed E-state index contributed by atoms with van der Waals surface area (Å²) < 4.78 is 5.71. The Morgan fingerprint density at radius 3 is 2.60 bits per heavy atom. The van der Waals surface area contributed by atoms with Gasteiger partial charge >= 0.3 is 6.03 Å². The van der Waals surface area contributed by atoms with Gasteiger partial charge in [-0.15, -0.1) is 11.3 Å². The van der Waals surface area contributed by atoms with Crippen LogP contribution in [0.5, 0.6) is 5.75 Å². The predicted octanol–water partition coefficient (Wildman–Crippen LogP) is 5.82. The number of thiophene rings is 1. The molecule has 0 saturated carbocycles. The molecule has 1 aromatic heterocycles. The smallest absolute Gasteiger partial charge is 0.322 e. The quantitative estimate of drug-likeness (QED) is 0.583. The number of amides is 2. The van der Waals surface area contributed by atoms with Crippen molar-refractivity contribution in [3.63, 3.8) is 0 Å². The first-order chi connectivity index (χ1) is 14.8. The molecule has 2 amide bonds. The van der Waals surface area contributed by atoms with Gasteiger partial charge in [-0.25, -0.2) is 4.79 Å². The normalized spacial score (nSPS) is 17.8. The molecule has 0 unspecified atom stereocenters. The van der Waals surface area contributed by atoms with Crippen molar-refractivity contribution < 1.29 is 9.53 Å². The van der Waals surface area contributed by atoms with E-state index in [2.05, 4.69) is 11.4 Å². The summed E-state index contributed by atoms with van der Waals surface area (Å²) in [5.41, 5.74) is 4.92. The summed E-state index contributed by atoms with van der Waals surface area (Å²) in [6.45, 7) is 0.706. The molecular weight excluding hydrogens is 392 g/mol. The van der Waals surface area contributed by atoms with Gasteiger partial charge in [-0.3, -0.25) is 0 Å². The average molecular weight is 419 g/mol. The number of aryl methyl sites for hydroxylation is 1. The van der Waals surface area contributed by atoms with Crippen LogP contribution in [0.2, 0.25) is 0 Å². The summed E-state index contributed by atoms with van der Waals surface area (Å²) in [4.78, 5) is 18.2. The highest BCUT2D eigenvalue weighted by molar-refractivity contribution is 7.12. The Labute approximate surface area is 181 Å². The second-order valence-electron chi connectivity index (χ2n) is 7.94. The van der Waals surface area contributed by atoms with E-state index in [4.69, 9.17) is 4.74 Å². The number of hydrogen-bond acceptors (Lipinski definition) is 3. The minimum atomic E-state index is -0.121. The van der Waals surface area contributed by atoms with Crippen LogP contribution in [-0.4, -0.2) is 24.6 Å². The van der Waals surface area contributed by atoms with Gasteiger partial charge in [0, 0.05) is 27.5 Å². The Balaban J connectivity index is 1.58. The Hall–Kier alpha value is -2.79. The third-order valence-electron chi connectivity index (χ3n) is 6.19. The highest BCUT2D eigenvalue weighted by Gasteiger charge is 2.37. The van der Waals surface area contributed by atoms with Crippen molar-refractivity contribution in [2.75, 3.05) is 19.0 Å². The molecule has 154 valence electrons. The molecule has 4 nitrogen and oxygen atoms in total. The fourth-order valence-electron chi connectivity index (χ4n) is 4.79. The number of fused-ring (bicyclic) bond motifs is 3. The Morgan fingerprint density at radius 2 is 1.77 bits per heavy atom. The zero-order chi connectivity index (χ0) is 20.5. The van der Waals surface area contributed by atoms with Crippen LogP contribution in [0.1, 0.15) is 45.3 Å². The molecule has 2 aliphatic rings. The Kier molecular flexibility index (Phi) is 5.21. The molecule has 30 heavy (non-hydrogen) atoms. The van der Waals surface area contributed by atoms with Gasteiger partial charge in [-0.1, -0.05) is 36.4 Å². The number of urea groups is 1. The van der Waals surface area contributed by atoms with Crippen LogP contribution in [0.25, 0.3) is 0 Å². The van der Waals surface area contributed by atoms with Gasteiger partial charge in [0.25, 0.3) is 0 Å². The molecule has 1 atom stereocenters. The van der Waals surface area contributed by atoms with Crippen molar-refractivity contribution in [2.45, 2.75) is 38.1 Å². The Morgan fingerprint density at radius 1 is 1.00 bits per heavy atom. The number of anilines is 1. The zero-order valence-electron chi connectivity index (χ0n) is 17.2. The second kappa shape index (κ2) is 8.15. The molecule has 3 aromatic rings. The third-order valence-corrected chi connectivity index (χ3v) is 7.58. The SMILES string of the molecule is COc1ccccc1[C@H]1c2sc3c(c2CCN1C(=O)Nc1ccccc1)CCCC3. The number of benzene rings is 2. The summed E-state index contributed by atoms with van der Waals surface area (Å²) in [6, 6.07) is 17.6. The molecule has 0 saturated heterocycles. The van der Waals surface area contributed by atoms with Crippen LogP contribution in [-0.2, 0) is 19.3 Å². The lowest BCUT2D eigenvalue weighted by atomic mass is 9.88. The van der Waals surface area contributed by atoms with Gasteiger partial charge in [-0.2, -0.15) is 0 Å². The number of hydrogen-bond donors (Lipinski definition) is 1. The van der Waals surface area contributed by atoms with Crippen LogP contribution in [0, 0.1) is 0 Å². The van der Waals surface area contributed by atoms with Crippen molar-refractivity contribution in [2.24, 2.45) is 0 Å². The first kappa shape index (κ1) is 19.2. The maximum Gasteiger partial charge on any atom is 0.322 e. The van der Waals surface area contributed by atoms with Crippen molar-refractivity contribution in [1.29, 1.82) is 0 Å². The van der Waals surface area contributed by atoms with Crippen LogP contribution >= 0.6 is 11.3 Å². The number of carbonyl (C=O) groups is 1. The molecule has 0 bridgehead atoms. The molecule has 1 aliphatic carbocycles. The molecule has 5 rings (SSSR count).